The van der Waals surface area contributed by atoms with Gasteiger partial charge in [0.15, 0.2) is 5.78 Å². The summed E-state index contributed by atoms with van der Waals surface area (Å²) in [4.78, 5) is 13.0. The largest absolute Gasteiger partial charge is 0.507 e. The second-order valence-electron chi connectivity index (χ2n) is 11.1. The van der Waals surface area contributed by atoms with Crippen LogP contribution < -0.4 is 10.6 Å². The smallest absolute Gasteiger partial charge is 0.200 e. The number of aromatic hydroxyl groups is 1. The Hall–Kier alpha value is -3.92. The summed E-state index contributed by atoms with van der Waals surface area (Å²) in [5.41, 5.74) is 5.36. The zero-order chi connectivity index (χ0) is 38.5. The second-order valence-corrected chi connectivity index (χ2v) is 11.1. The minimum absolute atomic E-state index is 0.0452. The van der Waals surface area contributed by atoms with Crippen molar-refractivity contribution in [1.82, 2.24) is 5.32 Å². The molecular formula is C41H65FN4O4. The molecule has 0 fully saturated rings. The Morgan fingerprint density at radius 2 is 1.46 bits per heavy atom. The van der Waals surface area contributed by atoms with E-state index in [-0.39, 0.29) is 35.2 Å². The molecule has 1 aliphatic carbocycles. The summed E-state index contributed by atoms with van der Waals surface area (Å²) in [5, 5.41) is 47.3. The first-order chi connectivity index (χ1) is 24.2. The summed E-state index contributed by atoms with van der Waals surface area (Å²) in [6, 6.07) is 14.1. The molecule has 0 radical (unpaired) electrons. The van der Waals surface area contributed by atoms with Gasteiger partial charge in [-0.2, -0.15) is 0 Å². The molecule has 0 aromatic heterocycles. The maximum absolute atomic E-state index is 13.2. The molecule has 0 amide bonds. The predicted octanol–water partition coefficient (Wildman–Crippen LogP) is 8.87. The number of anilines is 1. The van der Waals surface area contributed by atoms with Crippen LogP contribution in [0.4, 0.5) is 10.1 Å². The van der Waals surface area contributed by atoms with E-state index in [1.165, 1.54) is 18.9 Å². The van der Waals surface area contributed by atoms with Gasteiger partial charge in [0.2, 0.25) is 0 Å². The Bertz CT molecular complexity index is 1380. The molecule has 8 nitrogen and oxygen atoms in total. The molecule has 9 heteroatoms. The first kappa shape index (κ1) is 48.2. The lowest BCUT2D eigenvalue weighted by Gasteiger charge is -2.24. The van der Waals surface area contributed by atoms with Crippen molar-refractivity contribution in [3.8, 4) is 5.75 Å². The fourth-order valence-electron chi connectivity index (χ4n) is 4.59. The Labute approximate surface area is 301 Å². The van der Waals surface area contributed by atoms with Crippen molar-refractivity contribution in [2.24, 2.45) is 0 Å². The van der Waals surface area contributed by atoms with Crippen LogP contribution in [0.2, 0.25) is 0 Å². The molecule has 50 heavy (non-hydrogen) atoms. The molecule has 280 valence electrons. The fourth-order valence-corrected chi connectivity index (χ4v) is 4.59. The number of aliphatic hydroxyl groups excluding tert-OH is 2. The highest BCUT2D eigenvalue weighted by Gasteiger charge is 2.32. The quantitative estimate of drug-likeness (QED) is 0.0581. The van der Waals surface area contributed by atoms with Gasteiger partial charge < -0.3 is 31.4 Å². The molecule has 4 rings (SSSR count). The molecule has 0 heterocycles. The highest BCUT2D eigenvalue weighted by molar-refractivity contribution is 6.32. The van der Waals surface area contributed by atoms with Gasteiger partial charge in [0.1, 0.15) is 11.6 Å². The number of ketones is 1. The van der Waals surface area contributed by atoms with Crippen LogP contribution >= 0.6 is 0 Å². The molecule has 0 spiro atoms. The van der Waals surface area contributed by atoms with Crippen molar-refractivity contribution >= 4 is 23.9 Å². The lowest BCUT2D eigenvalue weighted by Crippen LogP contribution is -2.27. The first-order valence-corrected chi connectivity index (χ1v) is 18.0. The third-order valence-corrected chi connectivity index (χ3v) is 7.39. The lowest BCUT2D eigenvalue weighted by atomic mass is 9.80. The first-order valence-electron chi connectivity index (χ1n) is 18.0. The van der Waals surface area contributed by atoms with Gasteiger partial charge in [-0.1, -0.05) is 104 Å². The van der Waals surface area contributed by atoms with Crippen LogP contribution in [0.3, 0.4) is 0 Å². The van der Waals surface area contributed by atoms with E-state index in [0.717, 1.165) is 48.8 Å². The molecule has 0 saturated carbocycles. The topological polar surface area (TPSA) is 150 Å². The summed E-state index contributed by atoms with van der Waals surface area (Å²) < 4.78 is 13.2. The molecule has 3 aromatic rings. The Kier molecular flexibility index (Phi) is 28.9. The third-order valence-electron chi connectivity index (χ3n) is 7.39. The van der Waals surface area contributed by atoms with Gasteiger partial charge in [-0.25, -0.2) is 4.39 Å². The number of phenols is 1. The van der Waals surface area contributed by atoms with Crippen molar-refractivity contribution in [1.29, 1.82) is 10.8 Å². The van der Waals surface area contributed by atoms with E-state index < -0.39 is 0 Å². The average Bonchev–Trinajstić information content (AvgIpc) is 3.14. The zero-order valence-electron chi connectivity index (χ0n) is 31.9. The zero-order valence-corrected chi connectivity index (χ0v) is 31.9. The van der Waals surface area contributed by atoms with E-state index in [2.05, 4.69) is 45.0 Å². The Morgan fingerprint density at radius 1 is 0.800 bits per heavy atom. The van der Waals surface area contributed by atoms with Gasteiger partial charge in [-0.3, -0.25) is 10.2 Å². The molecule has 0 aliphatic heterocycles. The van der Waals surface area contributed by atoms with E-state index in [1.807, 2.05) is 52.0 Å². The monoisotopic (exact) mass is 696 g/mol. The van der Waals surface area contributed by atoms with E-state index >= 15 is 0 Å². The number of unbranched alkanes of at least 4 members (excludes halogenated alkanes) is 2. The summed E-state index contributed by atoms with van der Waals surface area (Å²) in [5.74, 6) is -0.417. The van der Waals surface area contributed by atoms with Crippen LogP contribution in [0.1, 0.15) is 124 Å². The van der Waals surface area contributed by atoms with Crippen molar-refractivity contribution in [3.05, 3.63) is 93.3 Å². The van der Waals surface area contributed by atoms with Crippen molar-refractivity contribution in [3.63, 3.8) is 0 Å². The number of hydrogen-bond acceptors (Lipinski definition) is 8. The molecule has 0 unspecified atom stereocenters. The Balaban J connectivity index is 0. The molecule has 1 aliphatic rings. The SMILES string of the molecule is C=N.CC.CCCC.CCCCO.CCCc1ccc(CC)cc1F.Cc1ccc(NCCNCCO)c2c1C(=N)c1cccc(O)c1C2=O. The van der Waals surface area contributed by atoms with Crippen molar-refractivity contribution < 1.29 is 24.5 Å². The third kappa shape index (κ3) is 16.2. The van der Waals surface area contributed by atoms with Gasteiger partial charge in [-0.15, -0.1) is 0 Å². The van der Waals surface area contributed by atoms with Crippen LogP contribution in [-0.2, 0) is 12.8 Å². The number of nitrogens with one attached hydrogen (secondary N) is 4. The molecule has 0 atom stereocenters. The van der Waals surface area contributed by atoms with Crippen LogP contribution in [0.25, 0.3) is 0 Å². The number of hydrogen-bond donors (Lipinski definition) is 7. The maximum atomic E-state index is 13.2. The number of fused-ring (bicyclic) bond motifs is 2. The molecular weight excluding hydrogens is 631 g/mol. The van der Waals surface area contributed by atoms with E-state index in [0.29, 0.717) is 48.6 Å². The van der Waals surface area contributed by atoms with E-state index in [4.69, 9.17) is 21.0 Å². The molecule has 7 N–H and O–H groups in total. The predicted molar refractivity (Wildman–Crippen MR) is 211 cm³/mol. The van der Waals surface area contributed by atoms with Crippen LogP contribution in [0.5, 0.6) is 5.75 Å². The Morgan fingerprint density at radius 3 is 1.96 bits per heavy atom. The number of carbonyl (C=O) groups excluding carboxylic acids is 1. The molecule has 0 bridgehead atoms. The normalized spacial score (nSPS) is 10.5. The van der Waals surface area contributed by atoms with Crippen molar-refractivity contribution in [2.75, 3.05) is 38.2 Å². The highest BCUT2D eigenvalue weighted by Crippen LogP contribution is 2.37. The number of carbonyl (C=O) groups is 1. The number of halogens is 1. The number of aryl methyl sites for hydroxylation is 3. The van der Waals surface area contributed by atoms with Crippen LogP contribution in [-0.4, -0.2) is 66.4 Å². The number of rotatable bonds is 12. The van der Waals surface area contributed by atoms with E-state index in [1.54, 1.807) is 18.2 Å². The van der Waals surface area contributed by atoms with Crippen LogP contribution in [0, 0.1) is 23.6 Å². The van der Waals surface area contributed by atoms with Crippen LogP contribution in [0.15, 0.2) is 48.5 Å². The highest BCUT2D eigenvalue weighted by atomic mass is 19.1. The summed E-state index contributed by atoms with van der Waals surface area (Å²) in [6.07, 6.45) is 7.43. The summed E-state index contributed by atoms with van der Waals surface area (Å²) in [7, 11) is 0. The minimum atomic E-state index is -0.270. The minimum Gasteiger partial charge on any atom is -0.507 e. The molecule has 0 saturated heterocycles. The molecule has 3 aromatic carbocycles. The lowest BCUT2D eigenvalue weighted by molar-refractivity contribution is 0.103. The van der Waals surface area contributed by atoms with Gasteiger partial charge >= 0.3 is 0 Å². The van der Waals surface area contributed by atoms with Gasteiger partial charge in [-0.05, 0) is 67.8 Å². The summed E-state index contributed by atoms with van der Waals surface area (Å²) >= 11 is 0. The average molecular weight is 697 g/mol. The fraction of sp³-hybridized carbons (Fsp3) is 0.488. The second kappa shape index (κ2) is 29.9. The number of aliphatic hydroxyl groups is 2. The number of phenolic OH excluding ortho intramolecular Hbond substituents is 1. The summed E-state index contributed by atoms with van der Waals surface area (Å²) in [6.45, 7) is 21.0. The van der Waals surface area contributed by atoms with Crippen molar-refractivity contribution in [2.45, 2.75) is 100 Å². The van der Waals surface area contributed by atoms with Gasteiger partial charge in [0.25, 0.3) is 0 Å². The van der Waals surface area contributed by atoms with Gasteiger partial charge in [0, 0.05) is 43.1 Å². The standard InChI is InChI=1S/C19H21N3O3.C11H15F.C4H10O.C4H10.C2H6.CH3N/c1-11-5-6-13(22-8-7-21-9-10-23)17-15(11)18(20)12-3-2-4-14(24)16(12)19(17)25;1-3-5-10-7-6-9(4-2)8-11(10)12;1-2-3-4-5;1-3-4-2;2*1-2/h2-6,20-24H,7-10H2,1H3;6-8H,3-5H2,1-2H3;5H,2-4H2,1H3;3-4H2,1-2H3;1-2H3;2H,1H2. The number of benzene rings is 3. The maximum Gasteiger partial charge on any atom is 0.200 e. The van der Waals surface area contributed by atoms with E-state index in [9.17, 15) is 14.3 Å². The van der Waals surface area contributed by atoms with Gasteiger partial charge in [0.05, 0.1) is 23.4 Å².